The Labute approximate surface area is 64.3 Å². The Morgan fingerprint density at radius 2 is 2.30 bits per heavy atom. The Morgan fingerprint density at radius 3 is 2.80 bits per heavy atom. The summed E-state index contributed by atoms with van der Waals surface area (Å²) in [5.74, 6) is 1.80. The van der Waals surface area contributed by atoms with Crippen molar-refractivity contribution in [2.24, 2.45) is 11.8 Å². The van der Waals surface area contributed by atoms with Crippen molar-refractivity contribution in [1.29, 1.82) is 0 Å². The van der Waals surface area contributed by atoms with Gasteiger partial charge >= 0.3 is 0 Å². The van der Waals surface area contributed by atoms with Gasteiger partial charge in [-0.3, -0.25) is 0 Å². The predicted molar refractivity (Wildman–Crippen MR) is 45.9 cm³/mol. The van der Waals surface area contributed by atoms with Gasteiger partial charge in [-0.15, -0.1) is 0 Å². The number of allylic oxidation sites excluding steroid dienone is 2. The highest BCUT2D eigenvalue weighted by atomic mass is 14.1. The second kappa shape index (κ2) is 3.80. The lowest BCUT2D eigenvalue weighted by atomic mass is 9.98. The van der Waals surface area contributed by atoms with Gasteiger partial charge in [-0.25, -0.2) is 0 Å². The quantitative estimate of drug-likeness (QED) is 0.524. The Kier molecular flexibility index (Phi) is 2.98. The monoisotopic (exact) mass is 138 g/mol. The summed E-state index contributed by atoms with van der Waals surface area (Å²) in [5, 5.41) is 0. The molecule has 0 bridgehead atoms. The number of hydrogen-bond donors (Lipinski definition) is 0. The molecule has 0 nitrogen and oxygen atoms in total. The molecule has 0 spiro atoms. The molecule has 1 rings (SSSR count). The van der Waals surface area contributed by atoms with Crippen molar-refractivity contribution in [2.45, 2.75) is 39.5 Å². The fraction of sp³-hybridized carbons (Fsp3) is 0.800. The highest BCUT2D eigenvalue weighted by Gasteiger charge is 2.08. The normalized spacial score (nSPS) is 24.5. The molecule has 1 aliphatic rings. The van der Waals surface area contributed by atoms with Gasteiger partial charge in [0.05, 0.1) is 0 Å². The summed E-state index contributed by atoms with van der Waals surface area (Å²) in [7, 11) is 0. The van der Waals surface area contributed by atoms with Crippen LogP contribution in [0.2, 0.25) is 0 Å². The SMILES string of the molecule is CC(C)CCC1C=CCC1. The maximum atomic E-state index is 2.39. The van der Waals surface area contributed by atoms with Crippen molar-refractivity contribution >= 4 is 0 Å². The zero-order valence-electron chi connectivity index (χ0n) is 7.14. The zero-order chi connectivity index (χ0) is 7.40. The maximum Gasteiger partial charge on any atom is -0.0230 e. The van der Waals surface area contributed by atoms with Crippen molar-refractivity contribution < 1.29 is 0 Å². The van der Waals surface area contributed by atoms with Crippen molar-refractivity contribution in [1.82, 2.24) is 0 Å². The van der Waals surface area contributed by atoms with Crippen LogP contribution in [0.3, 0.4) is 0 Å². The first-order valence-electron chi connectivity index (χ1n) is 4.45. The summed E-state index contributed by atoms with van der Waals surface area (Å²) in [6.07, 6.45) is 10.3. The van der Waals surface area contributed by atoms with Crippen LogP contribution in [0.25, 0.3) is 0 Å². The predicted octanol–water partition coefficient (Wildman–Crippen LogP) is 3.39. The van der Waals surface area contributed by atoms with Crippen molar-refractivity contribution in [3.63, 3.8) is 0 Å². The summed E-state index contributed by atoms with van der Waals surface area (Å²) < 4.78 is 0. The van der Waals surface area contributed by atoms with E-state index in [-0.39, 0.29) is 0 Å². The molecular formula is C10H18. The molecule has 0 aromatic heterocycles. The van der Waals surface area contributed by atoms with Crippen LogP contribution in [0.15, 0.2) is 12.2 Å². The van der Waals surface area contributed by atoms with E-state index in [1.54, 1.807) is 0 Å². The smallest absolute Gasteiger partial charge is 0.0230 e. The molecule has 0 N–H and O–H groups in total. The van der Waals surface area contributed by atoms with Crippen molar-refractivity contribution in [2.75, 3.05) is 0 Å². The van der Waals surface area contributed by atoms with Gasteiger partial charge in [-0.2, -0.15) is 0 Å². The molecule has 1 atom stereocenters. The van der Waals surface area contributed by atoms with Gasteiger partial charge in [0, 0.05) is 0 Å². The fourth-order valence-corrected chi connectivity index (χ4v) is 1.48. The second-order valence-electron chi connectivity index (χ2n) is 3.74. The van der Waals surface area contributed by atoms with Gasteiger partial charge in [-0.05, 0) is 31.1 Å². The molecule has 0 fully saturated rings. The first kappa shape index (κ1) is 7.84. The van der Waals surface area contributed by atoms with Crippen LogP contribution in [-0.2, 0) is 0 Å². The topological polar surface area (TPSA) is 0 Å². The van der Waals surface area contributed by atoms with Gasteiger partial charge in [0.25, 0.3) is 0 Å². The van der Waals surface area contributed by atoms with Crippen LogP contribution in [0.4, 0.5) is 0 Å². The fourth-order valence-electron chi connectivity index (χ4n) is 1.48. The second-order valence-corrected chi connectivity index (χ2v) is 3.74. The van der Waals surface area contributed by atoms with Crippen LogP contribution in [0.5, 0.6) is 0 Å². The van der Waals surface area contributed by atoms with E-state index in [1.165, 1.54) is 25.7 Å². The summed E-state index contributed by atoms with van der Waals surface area (Å²) in [4.78, 5) is 0. The van der Waals surface area contributed by atoms with E-state index in [1.807, 2.05) is 0 Å². The zero-order valence-corrected chi connectivity index (χ0v) is 7.14. The third-order valence-corrected chi connectivity index (χ3v) is 2.23. The summed E-state index contributed by atoms with van der Waals surface area (Å²) >= 11 is 0. The van der Waals surface area contributed by atoms with Crippen LogP contribution in [0, 0.1) is 11.8 Å². The molecule has 0 radical (unpaired) electrons. The molecule has 1 unspecified atom stereocenters. The van der Waals surface area contributed by atoms with Crippen LogP contribution in [0.1, 0.15) is 39.5 Å². The highest BCUT2D eigenvalue weighted by molar-refractivity contribution is 4.95. The van der Waals surface area contributed by atoms with E-state index in [0.717, 1.165) is 11.8 Å². The Hall–Kier alpha value is -0.260. The molecule has 10 heavy (non-hydrogen) atoms. The lowest BCUT2D eigenvalue weighted by Crippen LogP contribution is -1.95. The average molecular weight is 138 g/mol. The average Bonchev–Trinajstić information content (AvgIpc) is 2.34. The minimum atomic E-state index is 0.883. The van der Waals surface area contributed by atoms with Gasteiger partial charge in [0.15, 0.2) is 0 Å². The van der Waals surface area contributed by atoms with E-state index in [4.69, 9.17) is 0 Å². The van der Waals surface area contributed by atoms with E-state index < -0.39 is 0 Å². The third-order valence-electron chi connectivity index (χ3n) is 2.23. The maximum absolute atomic E-state index is 2.39. The first-order valence-corrected chi connectivity index (χ1v) is 4.45. The molecule has 58 valence electrons. The Morgan fingerprint density at radius 1 is 1.50 bits per heavy atom. The Balaban J connectivity index is 2.08. The van der Waals surface area contributed by atoms with Gasteiger partial charge in [0.1, 0.15) is 0 Å². The summed E-state index contributed by atoms with van der Waals surface area (Å²) in [6.45, 7) is 4.61. The molecule has 0 amide bonds. The summed E-state index contributed by atoms with van der Waals surface area (Å²) in [5.41, 5.74) is 0. The molecule has 0 saturated carbocycles. The Bertz CT molecular complexity index is 111. The molecule has 0 heterocycles. The lowest BCUT2D eigenvalue weighted by molar-refractivity contribution is 0.476. The molecular weight excluding hydrogens is 120 g/mol. The number of hydrogen-bond acceptors (Lipinski definition) is 0. The summed E-state index contributed by atoms with van der Waals surface area (Å²) in [6, 6.07) is 0. The number of rotatable bonds is 3. The van der Waals surface area contributed by atoms with E-state index in [9.17, 15) is 0 Å². The van der Waals surface area contributed by atoms with Gasteiger partial charge < -0.3 is 0 Å². The molecule has 0 aromatic rings. The van der Waals surface area contributed by atoms with E-state index in [0.29, 0.717) is 0 Å². The first-order chi connectivity index (χ1) is 4.79. The van der Waals surface area contributed by atoms with Crippen LogP contribution in [-0.4, -0.2) is 0 Å². The standard InChI is InChI=1S/C10H18/c1-9(2)7-8-10-5-3-4-6-10/h3,5,9-10H,4,6-8H2,1-2H3. The minimum Gasteiger partial charge on any atom is -0.0882 e. The van der Waals surface area contributed by atoms with Crippen LogP contribution < -0.4 is 0 Å². The molecule has 0 heteroatoms. The molecule has 0 aliphatic heterocycles. The van der Waals surface area contributed by atoms with Gasteiger partial charge in [0.2, 0.25) is 0 Å². The molecule has 0 saturated heterocycles. The van der Waals surface area contributed by atoms with Crippen LogP contribution >= 0.6 is 0 Å². The van der Waals surface area contributed by atoms with Crippen molar-refractivity contribution in [3.05, 3.63) is 12.2 Å². The molecule has 0 aromatic carbocycles. The highest BCUT2D eigenvalue weighted by Crippen LogP contribution is 2.23. The van der Waals surface area contributed by atoms with Gasteiger partial charge in [-0.1, -0.05) is 32.4 Å². The van der Waals surface area contributed by atoms with E-state index >= 15 is 0 Å². The third kappa shape index (κ3) is 2.55. The largest absolute Gasteiger partial charge is 0.0882 e. The van der Waals surface area contributed by atoms with Crippen molar-refractivity contribution in [3.8, 4) is 0 Å². The minimum absolute atomic E-state index is 0.883. The lowest BCUT2D eigenvalue weighted by Gasteiger charge is -2.08. The molecule has 1 aliphatic carbocycles. The van der Waals surface area contributed by atoms with E-state index in [2.05, 4.69) is 26.0 Å².